The zero-order valence-corrected chi connectivity index (χ0v) is 9.92. The fraction of sp³-hybridized carbons (Fsp3) is 0.0833. The number of hydrogen-bond acceptors (Lipinski definition) is 3. The van der Waals surface area contributed by atoms with Crippen molar-refractivity contribution in [2.24, 2.45) is 0 Å². The maximum atomic E-state index is 13.1. The van der Waals surface area contributed by atoms with Gasteiger partial charge < -0.3 is 15.0 Å². The van der Waals surface area contributed by atoms with Crippen molar-refractivity contribution >= 4 is 17.6 Å². The molecule has 6 nitrogen and oxygen atoms in total. The largest absolute Gasteiger partial charge is 0.477 e. The highest BCUT2D eigenvalue weighted by molar-refractivity contribution is 6.09. The number of nitrogens with zero attached hydrogens (tertiary/aromatic N) is 2. The summed E-state index contributed by atoms with van der Waals surface area (Å²) in [4.78, 5) is 30.2. The Balaban J connectivity index is 2.34. The highest BCUT2D eigenvalue weighted by Gasteiger charge is 2.23. The molecule has 0 saturated carbocycles. The van der Waals surface area contributed by atoms with Gasteiger partial charge in [-0.25, -0.2) is 14.2 Å². The van der Waals surface area contributed by atoms with E-state index in [1.165, 1.54) is 31.3 Å². The zero-order valence-electron chi connectivity index (χ0n) is 9.92. The minimum Gasteiger partial charge on any atom is -0.477 e. The number of carbonyl (C=O) groups is 2. The van der Waals surface area contributed by atoms with E-state index >= 15 is 0 Å². The Kier molecular flexibility index (Phi) is 3.28. The van der Waals surface area contributed by atoms with Gasteiger partial charge >= 0.3 is 5.97 Å². The molecule has 0 bridgehead atoms. The lowest BCUT2D eigenvalue weighted by molar-refractivity contribution is 0.0686. The van der Waals surface area contributed by atoms with Crippen LogP contribution in [0.3, 0.4) is 0 Å². The number of benzene rings is 1. The number of aromatic amines is 1. The van der Waals surface area contributed by atoms with E-state index in [0.29, 0.717) is 5.69 Å². The summed E-state index contributed by atoms with van der Waals surface area (Å²) in [6.07, 6.45) is 1.12. The van der Waals surface area contributed by atoms with Crippen molar-refractivity contribution in [1.82, 2.24) is 9.97 Å². The number of carbonyl (C=O) groups excluding carboxylic acids is 1. The van der Waals surface area contributed by atoms with Crippen LogP contribution in [0.5, 0.6) is 0 Å². The molecule has 19 heavy (non-hydrogen) atoms. The van der Waals surface area contributed by atoms with E-state index in [-0.39, 0.29) is 11.4 Å². The van der Waals surface area contributed by atoms with Crippen molar-refractivity contribution in [3.63, 3.8) is 0 Å². The van der Waals surface area contributed by atoms with E-state index in [4.69, 9.17) is 5.11 Å². The van der Waals surface area contributed by atoms with Crippen LogP contribution in [0.2, 0.25) is 0 Å². The monoisotopic (exact) mass is 263 g/mol. The minimum atomic E-state index is -1.28. The molecule has 1 aromatic heterocycles. The first-order valence-electron chi connectivity index (χ1n) is 5.31. The first-order chi connectivity index (χ1) is 9.00. The van der Waals surface area contributed by atoms with Gasteiger partial charge in [0.05, 0.1) is 6.33 Å². The summed E-state index contributed by atoms with van der Waals surface area (Å²) in [6.45, 7) is 0. The number of hydrogen-bond donors (Lipinski definition) is 2. The van der Waals surface area contributed by atoms with Crippen molar-refractivity contribution in [2.75, 3.05) is 11.9 Å². The van der Waals surface area contributed by atoms with Crippen LogP contribution in [0.25, 0.3) is 0 Å². The number of carboxylic acids is 1. The molecule has 0 aliphatic heterocycles. The van der Waals surface area contributed by atoms with Gasteiger partial charge in [0, 0.05) is 12.7 Å². The number of halogens is 1. The van der Waals surface area contributed by atoms with E-state index in [2.05, 4.69) is 9.97 Å². The first-order valence-corrected chi connectivity index (χ1v) is 5.31. The topological polar surface area (TPSA) is 86.3 Å². The number of H-pyrrole nitrogens is 1. The molecule has 2 N–H and O–H groups in total. The molecular formula is C12H10FN3O3. The second-order valence-corrected chi connectivity index (χ2v) is 3.78. The van der Waals surface area contributed by atoms with Gasteiger partial charge in [-0.05, 0) is 18.2 Å². The minimum absolute atomic E-state index is 0.223. The molecule has 0 fully saturated rings. The Bertz CT molecular complexity index is 639. The highest BCUT2D eigenvalue weighted by atomic mass is 19.1. The fourth-order valence-corrected chi connectivity index (χ4v) is 1.58. The number of amides is 1. The molecule has 2 rings (SSSR count). The van der Waals surface area contributed by atoms with Crippen molar-refractivity contribution < 1.29 is 19.1 Å². The second kappa shape index (κ2) is 4.89. The number of rotatable bonds is 3. The molecule has 0 aliphatic rings. The lowest BCUT2D eigenvalue weighted by Crippen LogP contribution is -2.28. The van der Waals surface area contributed by atoms with Crippen LogP contribution in [-0.4, -0.2) is 34.0 Å². The molecule has 7 heteroatoms. The van der Waals surface area contributed by atoms with Gasteiger partial charge in [-0.1, -0.05) is 6.07 Å². The first kappa shape index (κ1) is 12.7. The van der Waals surface area contributed by atoms with E-state index in [0.717, 1.165) is 11.2 Å². The molecule has 0 spiro atoms. The molecule has 1 aromatic carbocycles. The van der Waals surface area contributed by atoms with Crippen molar-refractivity contribution in [3.05, 3.63) is 47.8 Å². The summed E-state index contributed by atoms with van der Waals surface area (Å²) in [5, 5.41) is 8.90. The van der Waals surface area contributed by atoms with Gasteiger partial charge in [-0.3, -0.25) is 4.79 Å². The maximum Gasteiger partial charge on any atom is 0.354 e. The van der Waals surface area contributed by atoms with Gasteiger partial charge in [0.15, 0.2) is 11.4 Å². The molecule has 0 aliphatic carbocycles. The normalized spacial score (nSPS) is 10.2. The highest BCUT2D eigenvalue weighted by Crippen LogP contribution is 2.17. The summed E-state index contributed by atoms with van der Waals surface area (Å²) in [5.41, 5.74) is -0.211. The predicted molar refractivity (Wildman–Crippen MR) is 64.7 cm³/mol. The lowest BCUT2D eigenvalue weighted by atomic mass is 10.2. The average Bonchev–Trinajstić information content (AvgIpc) is 2.86. The molecule has 0 unspecified atom stereocenters. The Hall–Kier alpha value is -2.70. The molecule has 2 aromatic rings. The summed E-state index contributed by atoms with van der Waals surface area (Å²) in [5.74, 6) is -2.41. The van der Waals surface area contributed by atoms with E-state index in [1.807, 2.05) is 0 Å². The molecule has 98 valence electrons. The maximum absolute atomic E-state index is 13.1. The number of imidazole rings is 1. The Morgan fingerprint density at radius 1 is 1.42 bits per heavy atom. The molecular weight excluding hydrogens is 253 g/mol. The van der Waals surface area contributed by atoms with Gasteiger partial charge in [-0.15, -0.1) is 0 Å². The van der Waals surface area contributed by atoms with Gasteiger partial charge in [0.1, 0.15) is 5.82 Å². The van der Waals surface area contributed by atoms with Gasteiger partial charge in [0.2, 0.25) is 0 Å². The predicted octanol–water partition coefficient (Wildman–Crippen LogP) is 1.52. The van der Waals surface area contributed by atoms with Crippen LogP contribution >= 0.6 is 0 Å². The van der Waals surface area contributed by atoms with Crippen LogP contribution < -0.4 is 4.90 Å². The Labute approximate surface area is 107 Å². The summed E-state index contributed by atoms with van der Waals surface area (Å²) in [7, 11) is 1.41. The number of anilines is 1. The number of carboxylic acid groups (broad SMARTS) is 1. The fourth-order valence-electron chi connectivity index (χ4n) is 1.58. The molecule has 0 saturated heterocycles. The molecule has 1 heterocycles. The Morgan fingerprint density at radius 2 is 2.16 bits per heavy atom. The van der Waals surface area contributed by atoms with Gasteiger partial charge in [-0.2, -0.15) is 0 Å². The number of aromatic nitrogens is 2. The summed E-state index contributed by atoms with van der Waals surface area (Å²) < 4.78 is 13.1. The zero-order chi connectivity index (χ0) is 14.0. The average molecular weight is 263 g/mol. The van der Waals surface area contributed by atoms with Crippen molar-refractivity contribution in [1.29, 1.82) is 0 Å². The summed E-state index contributed by atoms with van der Waals surface area (Å²) >= 11 is 0. The Morgan fingerprint density at radius 3 is 2.79 bits per heavy atom. The number of nitrogens with one attached hydrogen (secondary N) is 1. The van der Waals surface area contributed by atoms with Crippen LogP contribution in [0.15, 0.2) is 30.6 Å². The molecule has 0 radical (unpaired) electrons. The van der Waals surface area contributed by atoms with E-state index < -0.39 is 17.7 Å². The lowest BCUT2D eigenvalue weighted by Gasteiger charge is -2.16. The van der Waals surface area contributed by atoms with Gasteiger partial charge in [0.25, 0.3) is 5.91 Å². The molecule has 0 atom stereocenters. The van der Waals surface area contributed by atoms with Crippen LogP contribution in [0.1, 0.15) is 21.0 Å². The van der Waals surface area contributed by atoms with Crippen LogP contribution in [0.4, 0.5) is 10.1 Å². The third-order valence-corrected chi connectivity index (χ3v) is 2.56. The smallest absolute Gasteiger partial charge is 0.354 e. The third kappa shape index (κ3) is 2.44. The van der Waals surface area contributed by atoms with E-state index in [9.17, 15) is 14.0 Å². The molecule has 1 amide bonds. The number of aromatic carboxylic acids is 1. The SMILES string of the molecule is CN(C(=O)c1nc[nH]c1C(=O)O)c1cccc(F)c1. The summed E-state index contributed by atoms with van der Waals surface area (Å²) in [6, 6.07) is 5.41. The van der Waals surface area contributed by atoms with Crippen LogP contribution in [0, 0.1) is 5.82 Å². The van der Waals surface area contributed by atoms with Crippen molar-refractivity contribution in [2.45, 2.75) is 0 Å². The van der Waals surface area contributed by atoms with Crippen LogP contribution in [-0.2, 0) is 0 Å². The third-order valence-electron chi connectivity index (χ3n) is 2.56. The second-order valence-electron chi connectivity index (χ2n) is 3.78. The van der Waals surface area contributed by atoms with Crippen molar-refractivity contribution in [3.8, 4) is 0 Å². The standard InChI is InChI=1S/C12H10FN3O3/c1-16(8-4-2-3-7(13)5-8)11(17)9-10(12(18)19)15-6-14-9/h2-6H,1H3,(H,14,15)(H,18,19). The van der Waals surface area contributed by atoms with E-state index in [1.54, 1.807) is 0 Å². The quantitative estimate of drug-likeness (QED) is 0.879.